The molecular formula is C18H23N3O2. The van der Waals surface area contributed by atoms with Crippen molar-refractivity contribution in [3.05, 3.63) is 47.2 Å². The van der Waals surface area contributed by atoms with Crippen LogP contribution >= 0.6 is 0 Å². The number of aromatic nitrogens is 1. The number of rotatable bonds is 3. The Labute approximate surface area is 136 Å². The number of aryl methyl sites for hydroxylation is 3. The third-order valence-electron chi connectivity index (χ3n) is 4.31. The smallest absolute Gasteiger partial charge is 0.230 e. The van der Waals surface area contributed by atoms with Crippen molar-refractivity contribution in [3.63, 3.8) is 0 Å². The van der Waals surface area contributed by atoms with Gasteiger partial charge in [0.1, 0.15) is 5.76 Å². The first-order valence-electron chi connectivity index (χ1n) is 8.05. The van der Waals surface area contributed by atoms with Crippen LogP contribution in [0, 0.1) is 20.8 Å². The molecule has 0 saturated carbocycles. The summed E-state index contributed by atoms with van der Waals surface area (Å²) in [6.07, 6.45) is 0.303. The fourth-order valence-corrected chi connectivity index (χ4v) is 3.03. The van der Waals surface area contributed by atoms with Gasteiger partial charge in [-0.25, -0.2) is 4.98 Å². The molecule has 1 saturated heterocycles. The predicted molar refractivity (Wildman–Crippen MR) is 89.7 cm³/mol. The standard InChI is InChI=1S/C18H23N3O2/c1-13-5-4-6-16(11-13)20-7-9-21(10-8-20)18(22)12-17-14(2)19-15(3)23-17/h4-6,11H,7-10,12H2,1-3H3. The summed E-state index contributed by atoms with van der Waals surface area (Å²) < 4.78 is 5.51. The summed E-state index contributed by atoms with van der Waals surface area (Å²) in [6, 6.07) is 8.51. The summed E-state index contributed by atoms with van der Waals surface area (Å²) in [5.74, 6) is 1.43. The van der Waals surface area contributed by atoms with Crippen LogP contribution in [0.2, 0.25) is 0 Å². The van der Waals surface area contributed by atoms with Crippen LogP contribution in [0.4, 0.5) is 5.69 Å². The normalized spacial score (nSPS) is 15.1. The van der Waals surface area contributed by atoms with Crippen molar-refractivity contribution in [2.45, 2.75) is 27.2 Å². The van der Waals surface area contributed by atoms with Crippen molar-refractivity contribution in [1.29, 1.82) is 0 Å². The van der Waals surface area contributed by atoms with E-state index in [1.54, 1.807) is 0 Å². The highest BCUT2D eigenvalue weighted by atomic mass is 16.4. The van der Waals surface area contributed by atoms with Crippen LogP contribution in [0.15, 0.2) is 28.7 Å². The first-order chi connectivity index (χ1) is 11.0. The first-order valence-corrected chi connectivity index (χ1v) is 8.05. The number of benzene rings is 1. The van der Waals surface area contributed by atoms with E-state index in [-0.39, 0.29) is 5.91 Å². The Bertz CT molecular complexity index is 700. The quantitative estimate of drug-likeness (QED) is 0.873. The van der Waals surface area contributed by atoms with Gasteiger partial charge in [-0.2, -0.15) is 0 Å². The van der Waals surface area contributed by atoms with Crippen molar-refractivity contribution in [2.24, 2.45) is 0 Å². The highest BCUT2D eigenvalue weighted by Gasteiger charge is 2.23. The zero-order chi connectivity index (χ0) is 16.4. The Morgan fingerprint density at radius 3 is 2.52 bits per heavy atom. The first kappa shape index (κ1) is 15.6. The third-order valence-corrected chi connectivity index (χ3v) is 4.31. The average molecular weight is 313 g/mol. The second-order valence-electron chi connectivity index (χ2n) is 6.13. The zero-order valence-corrected chi connectivity index (χ0v) is 14.0. The van der Waals surface area contributed by atoms with E-state index in [1.807, 2.05) is 18.7 Å². The van der Waals surface area contributed by atoms with Gasteiger partial charge in [0, 0.05) is 38.8 Å². The second kappa shape index (κ2) is 6.44. The molecule has 0 unspecified atom stereocenters. The van der Waals surface area contributed by atoms with Crippen LogP contribution in [-0.4, -0.2) is 42.0 Å². The molecule has 5 heteroatoms. The van der Waals surface area contributed by atoms with Gasteiger partial charge < -0.3 is 14.2 Å². The Morgan fingerprint density at radius 1 is 1.17 bits per heavy atom. The molecule has 1 aliphatic heterocycles. The molecule has 1 aromatic carbocycles. The lowest BCUT2D eigenvalue weighted by molar-refractivity contribution is -0.131. The molecule has 1 fully saturated rings. The molecule has 0 spiro atoms. The van der Waals surface area contributed by atoms with E-state index < -0.39 is 0 Å². The average Bonchev–Trinajstić information content (AvgIpc) is 2.85. The molecule has 122 valence electrons. The summed E-state index contributed by atoms with van der Waals surface area (Å²) in [5, 5.41) is 0. The molecule has 0 radical (unpaired) electrons. The van der Waals surface area contributed by atoms with Gasteiger partial charge in [0.15, 0.2) is 5.89 Å². The molecule has 1 aromatic heterocycles. The van der Waals surface area contributed by atoms with Gasteiger partial charge in [0.05, 0.1) is 12.1 Å². The van der Waals surface area contributed by atoms with Crippen molar-refractivity contribution >= 4 is 11.6 Å². The molecule has 0 aliphatic carbocycles. The number of carbonyl (C=O) groups excluding carboxylic acids is 1. The number of amides is 1. The molecule has 5 nitrogen and oxygen atoms in total. The summed E-state index contributed by atoms with van der Waals surface area (Å²) in [5.41, 5.74) is 3.31. The zero-order valence-electron chi connectivity index (χ0n) is 14.0. The fraction of sp³-hybridized carbons (Fsp3) is 0.444. The number of anilines is 1. The maximum Gasteiger partial charge on any atom is 0.230 e. The minimum atomic E-state index is 0.119. The summed E-state index contributed by atoms with van der Waals surface area (Å²) >= 11 is 0. The van der Waals surface area contributed by atoms with Crippen LogP contribution in [0.1, 0.15) is 22.9 Å². The number of nitrogens with zero attached hydrogens (tertiary/aromatic N) is 3. The molecule has 0 N–H and O–H groups in total. The lowest BCUT2D eigenvalue weighted by Crippen LogP contribution is -2.49. The van der Waals surface area contributed by atoms with E-state index in [9.17, 15) is 4.79 Å². The van der Waals surface area contributed by atoms with Crippen LogP contribution in [0.5, 0.6) is 0 Å². The van der Waals surface area contributed by atoms with Gasteiger partial charge in [-0.3, -0.25) is 4.79 Å². The Hall–Kier alpha value is -2.30. The van der Waals surface area contributed by atoms with Crippen molar-refractivity contribution in [2.75, 3.05) is 31.1 Å². The number of carbonyl (C=O) groups is 1. The topological polar surface area (TPSA) is 49.6 Å². The summed E-state index contributed by atoms with van der Waals surface area (Å²) in [7, 11) is 0. The number of piperazine rings is 1. The van der Waals surface area contributed by atoms with Crippen molar-refractivity contribution in [3.8, 4) is 0 Å². The number of hydrogen-bond acceptors (Lipinski definition) is 4. The van der Waals surface area contributed by atoms with Crippen LogP contribution in [-0.2, 0) is 11.2 Å². The molecule has 2 heterocycles. The van der Waals surface area contributed by atoms with Crippen LogP contribution in [0.25, 0.3) is 0 Å². The largest absolute Gasteiger partial charge is 0.445 e. The molecule has 1 aliphatic rings. The van der Waals surface area contributed by atoms with Gasteiger partial charge in [-0.05, 0) is 31.5 Å². The number of oxazole rings is 1. The molecule has 0 bridgehead atoms. The fourth-order valence-electron chi connectivity index (χ4n) is 3.03. The SMILES string of the molecule is Cc1cccc(N2CCN(C(=O)Cc3oc(C)nc3C)CC2)c1. The minimum Gasteiger partial charge on any atom is -0.445 e. The van der Waals surface area contributed by atoms with E-state index in [4.69, 9.17) is 4.42 Å². The van der Waals surface area contributed by atoms with E-state index in [0.29, 0.717) is 18.1 Å². The molecular weight excluding hydrogens is 290 g/mol. The van der Waals surface area contributed by atoms with Gasteiger partial charge in [0.2, 0.25) is 5.91 Å². The molecule has 2 aromatic rings. The maximum atomic E-state index is 12.4. The van der Waals surface area contributed by atoms with E-state index in [1.165, 1.54) is 11.3 Å². The molecule has 1 amide bonds. The number of hydrogen-bond donors (Lipinski definition) is 0. The monoisotopic (exact) mass is 313 g/mol. The summed E-state index contributed by atoms with van der Waals surface area (Å²) in [4.78, 5) is 20.9. The van der Waals surface area contributed by atoms with Gasteiger partial charge in [-0.15, -0.1) is 0 Å². The van der Waals surface area contributed by atoms with Gasteiger partial charge in [-0.1, -0.05) is 12.1 Å². The Morgan fingerprint density at radius 2 is 1.91 bits per heavy atom. The Balaban J connectivity index is 1.58. The third kappa shape index (κ3) is 3.55. The molecule has 23 heavy (non-hydrogen) atoms. The van der Waals surface area contributed by atoms with Gasteiger partial charge in [0.25, 0.3) is 0 Å². The van der Waals surface area contributed by atoms with Gasteiger partial charge >= 0.3 is 0 Å². The van der Waals surface area contributed by atoms with E-state index >= 15 is 0 Å². The van der Waals surface area contributed by atoms with Crippen molar-refractivity contribution in [1.82, 2.24) is 9.88 Å². The molecule has 3 rings (SSSR count). The maximum absolute atomic E-state index is 12.4. The van der Waals surface area contributed by atoms with Crippen LogP contribution < -0.4 is 4.90 Å². The predicted octanol–water partition coefficient (Wildman–Crippen LogP) is 2.49. The summed E-state index contributed by atoms with van der Waals surface area (Å²) in [6.45, 7) is 9.02. The van der Waals surface area contributed by atoms with Crippen molar-refractivity contribution < 1.29 is 9.21 Å². The highest BCUT2D eigenvalue weighted by Crippen LogP contribution is 2.18. The highest BCUT2D eigenvalue weighted by molar-refractivity contribution is 5.78. The minimum absolute atomic E-state index is 0.119. The lowest BCUT2D eigenvalue weighted by atomic mass is 10.2. The molecule has 0 atom stereocenters. The lowest BCUT2D eigenvalue weighted by Gasteiger charge is -2.36. The van der Waals surface area contributed by atoms with E-state index in [2.05, 4.69) is 41.1 Å². The van der Waals surface area contributed by atoms with Crippen LogP contribution in [0.3, 0.4) is 0 Å². The van der Waals surface area contributed by atoms with E-state index in [0.717, 1.165) is 31.9 Å². The second-order valence-corrected chi connectivity index (χ2v) is 6.13. The Kier molecular flexibility index (Phi) is 4.37.